The highest BCUT2D eigenvalue weighted by Crippen LogP contribution is 2.25. The van der Waals surface area contributed by atoms with E-state index in [0.29, 0.717) is 19.5 Å². The molecule has 0 spiro atoms. The highest BCUT2D eigenvalue weighted by Gasteiger charge is 2.28. The van der Waals surface area contributed by atoms with E-state index in [1.807, 2.05) is 18.7 Å². The van der Waals surface area contributed by atoms with Gasteiger partial charge in [-0.2, -0.15) is 0 Å². The lowest BCUT2D eigenvalue weighted by atomic mass is 10.0. The smallest absolute Gasteiger partial charge is 0.222 e. The minimum Gasteiger partial charge on any atom is -0.367 e. The lowest BCUT2D eigenvalue weighted by Gasteiger charge is -2.37. The van der Waals surface area contributed by atoms with Crippen LogP contribution in [0, 0.1) is 6.92 Å². The molecule has 0 aliphatic carbocycles. The molecule has 1 amide bonds. The molecule has 2 rings (SSSR count). The summed E-state index contributed by atoms with van der Waals surface area (Å²) < 4.78 is 5.94. The molecule has 1 aromatic rings. The van der Waals surface area contributed by atoms with E-state index >= 15 is 0 Å². The van der Waals surface area contributed by atoms with Crippen molar-refractivity contribution in [2.75, 3.05) is 13.1 Å². The van der Waals surface area contributed by atoms with E-state index in [-0.39, 0.29) is 18.1 Å². The predicted octanol–water partition coefficient (Wildman–Crippen LogP) is 2.69. The number of hydrogen-bond donors (Lipinski definition) is 0. The third-order valence-electron chi connectivity index (χ3n) is 3.36. The molecule has 0 aromatic heterocycles. The number of morpholine rings is 1. The largest absolute Gasteiger partial charge is 0.367 e. The molecule has 0 saturated carbocycles. The van der Waals surface area contributed by atoms with Gasteiger partial charge in [0.05, 0.1) is 12.6 Å². The molecule has 1 aliphatic rings. The Bertz CT molecular complexity index is 413. The van der Waals surface area contributed by atoms with Gasteiger partial charge in [0.15, 0.2) is 0 Å². The Kier molecular flexibility index (Phi) is 4.02. The van der Waals surface area contributed by atoms with Crippen LogP contribution in [0.15, 0.2) is 24.3 Å². The molecule has 1 heterocycles. The SMILES string of the molecule is CCC(=O)N1C[C@H](C)O[C@@H](c2ccc(C)cc2)C1. The summed E-state index contributed by atoms with van der Waals surface area (Å²) in [5, 5.41) is 0. The summed E-state index contributed by atoms with van der Waals surface area (Å²) in [6, 6.07) is 8.35. The molecule has 98 valence electrons. The average molecular weight is 247 g/mol. The Hall–Kier alpha value is -1.35. The lowest BCUT2D eigenvalue weighted by molar-refractivity contribution is -0.144. The summed E-state index contributed by atoms with van der Waals surface area (Å²) in [6.07, 6.45) is 0.665. The predicted molar refractivity (Wildman–Crippen MR) is 71.3 cm³/mol. The van der Waals surface area contributed by atoms with Gasteiger partial charge in [0.1, 0.15) is 6.10 Å². The molecule has 1 saturated heterocycles. The van der Waals surface area contributed by atoms with Crippen molar-refractivity contribution in [3.05, 3.63) is 35.4 Å². The van der Waals surface area contributed by atoms with Crippen molar-refractivity contribution in [1.82, 2.24) is 4.90 Å². The maximum Gasteiger partial charge on any atom is 0.222 e. The Morgan fingerprint density at radius 3 is 2.61 bits per heavy atom. The highest BCUT2D eigenvalue weighted by molar-refractivity contribution is 5.76. The summed E-state index contributed by atoms with van der Waals surface area (Å²) in [5.41, 5.74) is 2.39. The van der Waals surface area contributed by atoms with E-state index in [2.05, 4.69) is 31.2 Å². The molecule has 0 unspecified atom stereocenters. The Morgan fingerprint density at radius 1 is 1.33 bits per heavy atom. The van der Waals surface area contributed by atoms with Crippen LogP contribution in [0.2, 0.25) is 0 Å². The van der Waals surface area contributed by atoms with E-state index in [4.69, 9.17) is 4.74 Å². The van der Waals surface area contributed by atoms with Crippen LogP contribution >= 0.6 is 0 Å². The fourth-order valence-corrected chi connectivity index (χ4v) is 2.34. The van der Waals surface area contributed by atoms with Crippen LogP contribution in [-0.2, 0) is 9.53 Å². The molecule has 1 aliphatic heterocycles. The zero-order valence-electron chi connectivity index (χ0n) is 11.3. The average Bonchev–Trinajstić information content (AvgIpc) is 2.38. The maximum absolute atomic E-state index is 11.8. The molecular weight excluding hydrogens is 226 g/mol. The van der Waals surface area contributed by atoms with Crippen molar-refractivity contribution < 1.29 is 9.53 Å². The number of hydrogen-bond acceptors (Lipinski definition) is 2. The van der Waals surface area contributed by atoms with Crippen molar-refractivity contribution >= 4 is 5.91 Å². The number of aryl methyl sites for hydroxylation is 1. The van der Waals surface area contributed by atoms with Crippen LogP contribution in [0.4, 0.5) is 0 Å². The first-order valence-electron chi connectivity index (χ1n) is 6.60. The van der Waals surface area contributed by atoms with Gasteiger partial charge in [-0.3, -0.25) is 4.79 Å². The van der Waals surface area contributed by atoms with Gasteiger partial charge in [-0.1, -0.05) is 36.8 Å². The number of benzene rings is 1. The minimum absolute atomic E-state index is 0.00449. The molecule has 1 fully saturated rings. The van der Waals surface area contributed by atoms with Gasteiger partial charge >= 0.3 is 0 Å². The molecule has 3 nitrogen and oxygen atoms in total. The second-order valence-corrected chi connectivity index (χ2v) is 5.00. The Labute approximate surface area is 109 Å². The van der Waals surface area contributed by atoms with Crippen LogP contribution in [0.3, 0.4) is 0 Å². The van der Waals surface area contributed by atoms with Gasteiger partial charge in [0, 0.05) is 13.0 Å². The first-order chi connectivity index (χ1) is 8.60. The molecule has 2 atom stereocenters. The molecule has 1 aromatic carbocycles. The van der Waals surface area contributed by atoms with Gasteiger partial charge in [-0.15, -0.1) is 0 Å². The maximum atomic E-state index is 11.8. The van der Waals surface area contributed by atoms with Crippen LogP contribution in [0.25, 0.3) is 0 Å². The first kappa shape index (κ1) is 13.1. The summed E-state index contributed by atoms with van der Waals surface area (Å²) >= 11 is 0. The number of nitrogens with zero attached hydrogens (tertiary/aromatic N) is 1. The lowest BCUT2D eigenvalue weighted by Crippen LogP contribution is -2.45. The van der Waals surface area contributed by atoms with Crippen LogP contribution in [-0.4, -0.2) is 30.0 Å². The van der Waals surface area contributed by atoms with E-state index in [9.17, 15) is 4.79 Å². The van der Waals surface area contributed by atoms with E-state index in [0.717, 1.165) is 5.56 Å². The molecule has 3 heteroatoms. The van der Waals surface area contributed by atoms with Gasteiger partial charge in [0.2, 0.25) is 5.91 Å². The van der Waals surface area contributed by atoms with Crippen molar-refractivity contribution in [3.8, 4) is 0 Å². The third kappa shape index (κ3) is 2.91. The summed E-state index contributed by atoms with van der Waals surface area (Å²) in [5.74, 6) is 0.210. The molecule has 0 radical (unpaired) electrons. The third-order valence-corrected chi connectivity index (χ3v) is 3.36. The topological polar surface area (TPSA) is 29.5 Å². The van der Waals surface area contributed by atoms with E-state index < -0.39 is 0 Å². The number of carbonyl (C=O) groups excluding carboxylic acids is 1. The van der Waals surface area contributed by atoms with Gasteiger partial charge in [0.25, 0.3) is 0 Å². The number of rotatable bonds is 2. The first-order valence-corrected chi connectivity index (χ1v) is 6.60. The van der Waals surface area contributed by atoms with Crippen molar-refractivity contribution in [1.29, 1.82) is 0 Å². The minimum atomic E-state index is 0.00449. The summed E-state index contributed by atoms with van der Waals surface area (Å²) in [7, 11) is 0. The van der Waals surface area contributed by atoms with E-state index in [1.54, 1.807) is 0 Å². The fourth-order valence-electron chi connectivity index (χ4n) is 2.34. The van der Waals surface area contributed by atoms with Crippen molar-refractivity contribution in [2.45, 2.75) is 39.4 Å². The molecular formula is C15H21NO2. The number of amides is 1. The normalized spacial score (nSPS) is 24.1. The van der Waals surface area contributed by atoms with Gasteiger partial charge in [-0.05, 0) is 19.4 Å². The Balaban J connectivity index is 2.13. The standard InChI is InChI=1S/C15H21NO2/c1-4-15(17)16-9-12(3)18-14(10-16)13-7-5-11(2)6-8-13/h5-8,12,14H,4,9-10H2,1-3H3/t12-,14+/m0/s1. The Morgan fingerprint density at radius 2 is 2.00 bits per heavy atom. The van der Waals surface area contributed by atoms with Gasteiger partial charge in [-0.25, -0.2) is 0 Å². The summed E-state index contributed by atoms with van der Waals surface area (Å²) in [4.78, 5) is 13.7. The fraction of sp³-hybridized carbons (Fsp3) is 0.533. The van der Waals surface area contributed by atoms with Crippen molar-refractivity contribution in [3.63, 3.8) is 0 Å². The monoisotopic (exact) mass is 247 g/mol. The number of ether oxygens (including phenoxy) is 1. The van der Waals surface area contributed by atoms with Crippen LogP contribution in [0.1, 0.15) is 37.5 Å². The second-order valence-electron chi connectivity index (χ2n) is 5.00. The van der Waals surface area contributed by atoms with Crippen LogP contribution in [0.5, 0.6) is 0 Å². The molecule has 0 bridgehead atoms. The van der Waals surface area contributed by atoms with Gasteiger partial charge < -0.3 is 9.64 Å². The number of carbonyl (C=O) groups is 1. The molecule has 0 N–H and O–H groups in total. The van der Waals surface area contributed by atoms with Crippen molar-refractivity contribution in [2.24, 2.45) is 0 Å². The highest BCUT2D eigenvalue weighted by atomic mass is 16.5. The zero-order chi connectivity index (χ0) is 13.1. The summed E-state index contributed by atoms with van der Waals surface area (Å²) in [6.45, 7) is 7.37. The molecule has 18 heavy (non-hydrogen) atoms. The van der Waals surface area contributed by atoms with Crippen LogP contribution < -0.4 is 0 Å². The quantitative estimate of drug-likeness (QED) is 0.804. The van der Waals surface area contributed by atoms with E-state index in [1.165, 1.54) is 5.56 Å². The second kappa shape index (κ2) is 5.53. The zero-order valence-corrected chi connectivity index (χ0v) is 11.3.